The monoisotopic (exact) mass is 485 g/mol. The lowest BCUT2D eigenvalue weighted by molar-refractivity contribution is 0.311. The van der Waals surface area contributed by atoms with Crippen LogP contribution in [0.4, 0.5) is 0 Å². The minimum atomic E-state index is -3.94. The van der Waals surface area contributed by atoms with Crippen LogP contribution in [0.25, 0.3) is 11.3 Å². The summed E-state index contributed by atoms with van der Waals surface area (Å²) in [6.07, 6.45) is 4.97. The first-order chi connectivity index (χ1) is 16.3. The minimum absolute atomic E-state index is 0.105. The average Bonchev–Trinajstić information content (AvgIpc) is 3.32. The molecule has 184 valence electrons. The minimum Gasteiger partial charge on any atom is -0.493 e. The van der Waals surface area contributed by atoms with E-state index in [0.717, 1.165) is 41.9 Å². The van der Waals surface area contributed by atoms with Crippen LogP contribution in [0.5, 0.6) is 5.75 Å². The zero-order valence-corrected chi connectivity index (χ0v) is 21.0. The van der Waals surface area contributed by atoms with Crippen molar-refractivity contribution in [3.63, 3.8) is 0 Å². The first-order valence-corrected chi connectivity index (χ1v) is 13.7. The molecular formula is C27H36NO5P. The second kappa shape index (κ2) is 12.9. The van der Waals surface area contributed by atoms with E-state index in [1.165, 1.54) is 11.1 Å². The summed E-state index contributed by atoms with van der Waals surface area (Å²) < 4.78 is 22.7. The van der Waals surface area contributed by atoms with Crippen molar-refractivity contribution < 1.29 is 23.5 Å². The number of rotatable bonds is 14. The first kappa shape index (κ1) is 26.2. The van der Waals surface area contributed by atoms with E-state index in [9.17, 15) is 4.57 Å². The molecule has 3 N–H and O–H groups in total. The van der Waals surface area contributed by atoms with Crippen molar-refractivity contribution in [2.75, 3.05) is 19.3 Å². The topological polar surface area (TPSA) is 91.9 Å². The Hall–Kier alpha value is -2.37. The summed E-state index contributed by atoms with van der Waals surface area (Å²) in [6.45, 7) is 6.23. The third-order valence-corrected chi connectivity index (χ3v) is 6.40. The molecule has 0 aliphatic rings. The van der Waals surface area contributed by atoms with E-state index in [1.54, 1.807) is 6.26 Å². The Morgan fingerprint density at radius 1 is 1.00 bits per heavy atom. The van der Waals surface area contributed by atoms with Crippen LogP contribution in [0.2, 0.25) is 0 Å². The Bertz CT molecular complexity index is 1040. The number of benzene rings is 2. The smallest absolute Gasteiger partial charge is 0.325 e. The lowest BCUT2D eigenvalue weighted by Gasteiger charge is -2.13. The van der Waals surface area contributed by atoms with Crippen LogP contribution >= 0.6 is 7.60 Å². The van der Waals surface area contributed by atoms with Crippen LogP contribution < -0.4 is 10.1 Å². The summed E-state index contributed by atoms with van der Waals surface area (Å²) in [5, 5.41) is 3.24. The van der Waals surface area contributed by atoms with E-state index in [1.807, 2.05) is 30.3 Å². The van der Waals surface area contributed by atoms with Gasteiger partial charge in [0.25, 0.3) is 0 Å². The van der Waals surface area contributed by atoms with Crippen molar-refractivity contribution in [3.05, 3.63) is 77.6 Å². The van der Waals surface area contributed by atoms with Gasteiger partial charge in [-0.3, -0.25) is 4.57 Å². The highest BCUT2D eigenvalue weighted by Crippen LogP contribution is 2.34. The van der Waals surface area contributed by atoms with E-state index >= 15 is 0 Å². The number of hydrogen-bond acceptors (Lipinski definition) is 4. The summed E-state index contributed by atoms with van der Waals surface area (Å²) in [5.41, 5.74) is 4.66. The fourth-order valence-corrected chi connectivity index (χ4v) is 4.42. The van der Waals surface area contributed by atoms with E-state index in [4.69, 9.17) is 18.9 Å². The molecule has 0 aliphatic heterocycles. The standard InChI is InChI=1S/C27H36NO5P/c1-21(2)18-23-10-8-22(9-11-23)6-3-15-33-27-13-12-24(19-25(27)26-7-4-16-32-26)20-28-14-5-17-34(29,30)31/h4,7-13,16,19,21,28H,3,5-6,14-15,17-18,20H2,1-2H3,(H2,29,30,31). The third-order valence-electron chi connectivity index (χ3n) is 5.50. The average molecular weight is 486 g/mol. The van der Waals surface area contributed by atoms with E-state index < -0.39 is 7.60 Å². The zero-order chi connectivity index (χ0) is 24.4. The van der Waals surface area contributed by atoms with Gasteiger partial charge in [0.2, 0.25) is 0 Å². The van der Waals surface area contributed by atoms with E-state index in [2.05, 4.69) is 43.4 Å². The zero-order valence-electron chi connectivity index (χ0n) is 20.1. The Morgan fingerprint density at radius 2 is 1.74 bits per heavy atom. The molecule has 2 aromatic carbocycles. The molecule has 0 amide bonds. The quantitative estimate of drug-likeness (QED) is 0.197. The highest BCUT2D eigenvalue weighted by molar-refractivity contribution is 7.51. The number of nitrogens with one attached hydrogen (secondary N) is 1. The Morgan fingerprint density at radius 3 is 2.41 bits per heavy atom. The molecule has 0 spiro atoms. The molecule has 0 atom stereocenters. The van der Waals surface area contributed by atoms with Crippen LogP contribution in [-0.2, 0) is 24.0 Å². The largest absolute Gasteiger partial charge is 0.493 e. The third kappa shape index (κ3) is 9.11. The number of furan rings is 1. The maximum atomic E-state index is 11.0. The van der Waals surface area contributed by atoms with E-state index in [-0.39, 0.29) is 6.16 Å². The Kier molecular flexibility index (Phi) is 9.97. The van der Waals surface area contributed by atoms with Crippen LogP contribution in [0.1, 0.15) is 43.4 Å². The molecule has 0 saturated heterocycles. The first-order valence-electron chi connectivity index (χ1n) is 11.9. The van der Waals surface area contributed by atoms with Crippen molar-refractivity contribution in [3.8, 4) is 17.1 Å². The van der Waals surface area contributed by atoms with E-state index in [0.29, 0.717) is 32.0 Å². The molecule has 7 heteroatoms. The number of hydrogen-bond donors (Lipinski definition) is 3. The second-order valence-electron chi connectivity index (χ2n) is 9.09. The molecule has 1 aromatic heterocycles. The maximum Gasteiger partial charge on any atom is 0.325 e. The van der Waals surface area contributed by atoms with Gasteiger partial charge in [0.05, 0.1) is 24.6 Å². The molecule has 0 saturated carbocycles. The van der Waals surface area contributed by atoms with Gasteiger partial charge in [0, 0.05) is 6.54 Å². The van der Waals surface area contributed by atoms with Gasteiger partial charge < -0.3 is 24.3 Å². The predicted molar refractivity (Wildman–Crippen MR) is 136 cm³/mol. The lowest BCUT2D eigenvalue weighted by atomic mass is 10.0. The predicted octanol–water partition coefficient (Wildman–Crippen LogP) is 5.81. The van der Waals surface area contributed by atoms with Gasteiger partial charge in [0.15, 0.2) is 0 Å². The van der Waals surface area contributed by atoms with Crippen molar-refractivity contribution in [1.82, 2.24) is 5.32 Å². The molecular weight excluding hydrogens is 449 g/mol. The summed E-state index contributed by atoms with van der Waals surface area (Å²) in [7, 11) is -3.94. The molecule has 0 aliphatic carbocycles. The summed E-state index contributed by atoms with van der Waals surface area (Å²) in [5.74, 6) is 2.20. The molecule has 6 nitrogen and oxygen atoms in total. The van der Waals surface area contributed by atoms with Gasteiger partial charge in [-0.05, 0) is 79.1 Å². The van der Waals surface area contributed by atoms with Crippen molar-refractivity contribution >= 4 is 7.60 Å². The molecule has 0 bridgehead atoms. The Labute approximate surface area is 202 Å². The van der Waals surface area contributed by atoms with Crippen LogP contribution in [0.3, 0.4) is 0 Å². The van der Waals surface area contributed by atoms with Gasteiger partial charge in [0.1, 0.15) is 11.5 Å². The number of aryl methyl sites for hydroxylation is 1. The summed E-state index contributed by atoms with van der Waals surface area (Å²) in [6, 6.07) is 18.7. The molecule has 3 rings (SSSR count). The molecule has 1 heterocycles. The fraction of sp³-hybridized carbons (Fsp3) is 0.407. The van der Waals surface area contributed by atoms with Gasteiger partial charge in [-0.2, -0.15) is 0 Å². The van der Waals surface area contributed by atoms with Crippen LogP contribution in [0, 0.1) is 5.92 Å². The fourth-order valence-electron chi connectivity index (χ4n) is 3.85. The van der Waals surface area contributed by atoms with Gasteiger partial charge in [-0.1, -0.05) is 44.2 Å². The van der Waals surface area contributed by atoms with Crippen LogP contribution in [0.15, 0.2) is 65.3 Å². The molecule has 0 radical (unpaired) electrons. The summed E-state index contributed by atoms with van der Waals surface area (Å²) in [4.78, 5) is 17.9. The SMILES string of the molecule is CC(C)Cc1ccc(CCCOc2ccc(CNCCCP(=O)(O)O)cc2-c2ccco2)cc1. The second-order valence-corrected chi connectivity index (χ2v) is 10.9. The van der Waals surface area contributed by atoms with Gasteiger partial charge in [-0.15, -0.1) is 0 Å². The molecule has 0 unspecified atom stereocenters. The van der Waals surface area contributed by atoms with Crippen molar-refractivity contribution in [2.45, 2.75) is 46.1 Å². The summed E-state index contributed by atoms with van der Waals surface area (Å²) >= 11 is 0. The molecule has 34 heavy (non-hydrogen) atoms. The highest BCUT2D eigenvalue weighted by Gasteiger charge is 2.12. The Balaban J connectivity index is 1.52. The van der Waals surface area contributed by atoms with Gasteiger partial charge in [-0.25, -0.2) is 0 Å². The van der Waals surface area contributed by atoms with Crippen molar-refractivity contribution in [2.24, 2.45) is 5.92 Å². The van der Waals surface area contributed by atoms with Crippen LogP contribution in [-0.4, -0.2) is 29.1 Å². The molecule has 0 fully saturated rings. The van der Waals surface area contributed by atoms with Gasteiger partial charge >= 0.3 is 7.60 Å². The lowest BCUT2D eigenvalue weighted by Crippen LogP contribution is -2.16. The molecule has 3 aromatic rings. The van der Waals surface area contributed by atoms with Crippen molar-refractivity contribution in [1.29, 1.82) is 0 Å². The normalized spacial score (nSPS) is 11.8. The maximum absolute atomic E-state index is 11.0. The number of ether oxygens (including phenoxy) is 1. The highest BCUT2D eigenvalue weighted by atomic mass is 31.2.